The summed E-state index contributed by atoms with van der Waals surface area (Å²) in [5, 5.41) is 0. The Morgan fingerprint density at radius 3 is 2.58 bits per heavy atom. The van der Waals surface area contributed by atoms with E-state index < -0.39 is 10.0 Å². The number of sulfonamides is 1. The average molecular weight is 380 g/mol. The van der Waals surface area contributed by atoms with Crippen molar-refractivity contribution in [2.24, 2.45) is 11.7 Å². The van der Waals surface area contributed by atoms with Crippen LogP contribution in [0.3, 0.4) is 0 Å². The van der Waals surface area contributed by atoms with E-state index >= 15 is 0 Å². The van der Waals surface area contributed by atoms with Gasteiger partial charge in [-0.25, -0.2) is 8.42 Å². The van der Waals surface area contributed by atoms with Crippen molar-refractivity contribution in [1.82, 2.24) is 9.21 Å². The third-order valence-corrected chi connectivity index (χ3v) is 7.42. The van der Waals surface area contributed by atoms with Crippen LogP contribution >= 0.6 is 0 Å². The predicted molar refractivity (Wildman–Crippen MR) is 101 cm³/mol. The third kappa shape index (κ3) is 4.10. The zero-order valence-electron chi connectivity index (χ0n) is 15.4. The highest BCUT2D eigenvalue weighted by Crippen LogP contribution is 2.24. The van der Waals surface area contributed by atoms with Gasteiger partial charge in [0.15, 0.2) is 0 Å². The molecule has 1 aromatic carbocycles. The van der Waals surface area contributed by atoms with Crippen LogP contribution in [0.25, 0.3) is 0 Å². The van der Waals surface area contributed by atoms with E-state index in [0.29, 0.717) is 37.7 Å². The number of rotatable bonds is 4. The molecule has 0 radical (unpaired) electrons. The Morgan fingerprint density at radius 2 is 1.88 bits per heavy atom. The molecule has 3 rings (SSSR count). The van der Waals surface area contributed by atoms with E-state index in [1.165, 1.54) is 10.4 Å². The summed E-state index contributed by atoms with van der Waals surface area (Å²) in [5.74, 6) is 0.194. The maximum absolute atomic E-state index is 12.9. The predicted octanol–water partition coefficient (Wildman–Crippen LogP) is 2.06. The molecule has 6 nitrogen and oxygen atoms in total. The summed E-state index contributed by atoms with van der Waals surface area (Å²) >= 11 is 0. The number of nitrogens with zero attached hydrogens (tertiary/aromatic N) is 2. The molecule has 2 fully saturated rings. The number of benzene rings is 1. The first kappa shape index (κ1) is 19.3. The lowest BCUT2D eigenvalue weighted by Gasteiger charge is -2.34. The van der Waals surface area contributed by atoms with Gasteiger partial charge in [-0.3, -0.25) is 4.79 Å². The van der Waals surface area contributed by atoms with Gasteiger partial charge in [-0.05, 0) is 56.7 Å². The highest BCUT2D eigenvalue weighted by atomic mass is 32.2. The summed E-state index contributed by atoms with van der Waals surface area (Å²) in [6.45, 7) is 4.43. The summed E-state index contributed by atoms with van der Waals surface area (Å²) in [6, 6.07) is 6.53. The van der Waals surface area contributed by atoms with Gasteiger partial charge in [0.2, 0.25) is 10.0 Å². The van der Waals surface area contributed by atoms with Gasteiger partial charge in [0, 0.05) is 37.8 Å². The lowest BCUT2D eigenvalue weighted by atomic mass is 9.92. The molecular formula is C19H29N3O3S. The van der Waals surface area contributed by atoms with E-state index in [2.05, 4.69) is 0 Å². The van der Waals surface area contributed by atoms with Gasteiger partial charge >= 0.3 is 0 Å². The monoisotopic (exact) mass is 379 g/mol. The minimum absolute atomic E-state index is 0.0522. The van der Waals surface area contributed by atoms with Crippen LogP contribution < -0.4 is 5.73 Å². The van der Waals surface area contributed by atoms with Crippen LogP contribution in [0.1, 0.15) is 49.4 Å². The second kappa shape index (κ2) is 8.06. The van der Waals surface area contributed by atoms with E-state index in [4.69, 9.17) is 5.73 Å². The van der Waals surface area contributed by atoms with Gasteiger partial charge in [-0.1, -0.05) is 12.5 Å². The number of hydrogen-bond donors (Lipinski definition) is 1. The van der Waals surface area contributed by atoms with Crippen LogP contribution in [0.15, 0.2) is 29.2 Å². The van der Waals surface area contributed by atoms with Crippen molar-refractivity contribution in [3.8, 4) is 0 Å². The summed E-state index contributed by atoms with van der Waals surface area (Å²) in [5.41, 5.74) is 6.45. The highest BCUT2D eigenvalue weighted by molar-refractivity contribution is 7.89. The Kier molecular flexibility index (Phi) is 5.99. The topological polar surface area (TPSA) is 83.7 Å². The molecule has 2 heterocycles. The van der Waals surface area contributed by atoms with Crippen LogP contribution in [0.5, 0.6) is 0 Å². The summed E-state index contributed by atoms with van der Waals surface area (Å²) in [6.07, 6.45) is 4.82. The summed E-state index contributed by atoms with van der Waals surface area (Å²) in [7, 11) is -3.53. The fourth-order valence-corrected chi connectivity index (χ4v) is 5.41. The van der Waals surface area contributed by atoms with Gasteiger partial charge in [0.05, 0.1) is 4.90 Å². The molecule has 2 N–H and O–H groups in total. The first-order chi connectivity index (χ1) is 12.4. The SMILES string of the molecule is CC(N)C1CCCN(C(=O)c2cccc(S(=O)(=O)N3CCCCC3)c2)C1. The minimum Gasteiger partial charge on any atom is -0.338 e. The van der Waals surface area contributed by atoms with Crippen molar-refractivity contribution in [3.63, 3.8) is 0 Å². The van der Waals surface area contributed by atoms with Crippen LogP contribution in [0.2, 0.25) is 0 Å². The maximum atomic E-state index is 12.9. The van der Waals surface area contributed by atoms with Crippen molar-refractivity contribution in [1.29, 1.82) is 0 Å². The number of piperidine rings is 2. The van der Waals surface area contributed by atoms with E-state index in [1.54, 1.807) is 18.2 Å². The van der Waals surface area contributed by atoms with Crippen LogP contribution in [0.4, 0.5) is 0 Å². The molecule has 26 heavy (non-hydrogen) atoms. The zero-order valence-corrected chi connectivity index (χ0v) is 16.2. The van der Waals surface area contributed by atoms with Crippen molar-refractivity contribution >= 4 is 15.9 Å². The van der Waals surface area contributed by atoms with Gasteiger partial charge in [-0.15, -0.1) is 0 Å². The average Bonchev–Trinajstić information content (AvgIpc) is 2.68. The molecule has 2 atom stereocenters. The number of likely N-dealkylation sites (tertiary alicyclic amines) is 1. The van der Waals surface area contributed by atoms with Gasteiger partial charge in [0.1, 0.15) is 0 Å². The number of amides is 1. The molecule has 1 amide bonds. The largest absolute Gasteiger partial charge is 0.338 e. The lowest BCUT2D eigenvalue weighted by Crippen LogP contribution is -2.45. The Bertz CT molecular complexity index is 742. The second-order valence-electron chi connectivity index (χ2n) is 7.51. The molecule has 2 saturated heterocycles. The normalized spacial score (nSPS) is 23.6. The fraction of sp³-hybridized carbons (Fsp3) is 0.632. The lowest BCUT2D eigenvalue weighted by molar-refractivity contribution is 0.0660. The van der Waals surface area contributed by atoms with Crippen LogP contribution in [-0.4, -0.2) is 55.8 Å². The molecule has 0 saturated carbocycles. The quantitative estimate of drug-likeness (QED) is 0.868. The molecule has 0 spiro atoms. The third-order valence-electron chi connectivity index (χ3n) is 5.52. The number of carbonyl (C=O) groups excluding carboxylic acids is 1. The van der Waals surface area contributed by atoms with Crippen LogP contribution in [0, 0.1) is 5.92 Å². The Balaban J connectivity index is 1.79. The number of hydrogen-bond acceptors (Lipinski definition) is 4. The number of nitrogens with two attached hydrogens (primary N) is 1. The van der Waals surface area contributed by atoms with E-state index in [1.807, 2.05) is 11.8 Å². The van der Waals surface area contributed by atoms with E-state index in [0.717, 1.165) is 32.1 Å². The first-order valence-electron chi connectivity index (χ1n) is 9.54. The Morgan fingerprint density at radius 1 is 1.15 bits per heavy atom. The zero-order chi connectivity index (χ0) is 18.7. The maximum Gasteiger partial charge on any atom is 0.253 e. The highest BCUT2D eigenvalue weighted by Gasteiger charge is 2.29. The van der Waals surface area contributed by atoms with Crippen LogP contribution in [-0.2, 0) is 10.0 Å². The molecule has 7 heteroatoms. The molecular weight excluding hydrogens is 350 g/mol. The Labute approximate surface area is 156 Å². The molecule has 144 valence electrons. The molecule has 0 aliphatic carbocycles. The van der Waals surface area contributed by atoms with Crippen molar-refractivity contribution in [2.75, 3.05) is 26.2 Å². The van der Waals surface area contributed by atoms with Gasteiger partial charge < -0.3 is 10.6 Å². The number of carbonyl (C=O) groups is 1. The fourth-order valence-electron chi connectivity index (χ4n) is 3.85. The van der Waals surface area contributed by atoms with E-state index in [9.17, 15) is 13.2 Å². The molecule has 0 aromatic heterocycles. The Hall–Kier alpha value is -1.44. The first-order valence-corrected chi connectivity index (χ1v) is 11.0. The second-order valence-corrected chi connectivity index (χ2v) is 9.44. The van der Waals surface area contributed by atoms with Gasteiger partial charge in [-0.2, -0.15) is 4.31 Å². The van der Waals surface area contributed by atoms with E-state index in [-0.39, 0.29) is 16.8 Å². The van der Waals surface area contributed by atoms with Crippen molar-refractivity contribution in [3.05, 3.63) is 29.8 Å². The van der Waals surface area contributed by atoms with Crippen molar-refractivity contribution in [2.45, 2.75) is 50.0 Å². The van der Waals surface area contributed by atoms with Crippen molar-refractivity contribution < 1.29 is 13.2 Å². The molecule has 2 aliphatic heterocycles. The van der Waals surface area contributed by atoms with Gasteiger partial charge in [0.25, 0.3) is 5.91 Å². The molecule has 0 bridgehead atoms. The molecule has 1 aromatic rings. The minimum atomic E-state index is -3.53. The summed E-state index contributed by atoms with van der Waals surface area (Å²) in [4.78, 5) is 14.9. The standard InChI is InChI=1S/C19H29N3O3S/c1-15(20)17-8-6-10-21(14-17)19(23)16-7-5-9-18(13-16)26(24,25)22-11-3-2-4-12-22/h5,7,9,13,15,17H,2-4,6,8,10-12,14,20H2,1H3. The summed E-state index contributed by atoms with van der Waals surface area (Å²) < 4.78 is 27.3. The molecule has 2 aliphatic rings. The molecule has 2 unspecified atom stereocenters. The smallest absolute Gasteiger partial charge is 0.253 e.